The topological polar surface area (TPSA) is 51.2 Å². The molecule has 6 rings (SSSR count). The standard InChI is InChI=1S/C37H29ClN2O2/c1-23-20-24(2)35-33(21-23)34(25(3)36(40-35)28-10-7-11-29(38)22-28)37(41)39-30-14-18-32(19-15-30)42-31-16-12-27(13-17-31)26-8-5-4-6-9-26/h4-22H,1-3H3,(H,39,41). The van der Waals surface area contributed by atoms with Gasteiger partial charge in [0.05, 0.1) is 16.8 Å². The molecule has 0 saturated heterocycles. The van der Waals surface area contributed by atoms with E-state index in [1.165, 1.54) is 0 Å². The van der Waals surface area contributed by atoms with Crippen LogP contribution in [0.4, 0.5) is 5.69 Å². The van der Waals surface area contributed by atoms with Crippen molar-refractivity contribution in [1.29, 1.82) is 0 Å². The molecule has 0 fully saturated rings. The Morgan fingerprint density at radius 3 is 2.05 bits per heavy atom. The second-order valence-electron chi connectivity index (χ2n) is 10.4. The Kier molecular flexibility index (Phi) is 7.47. The van der Waals surface area contributed by atoms with Crippen molar-refractivity contribution >= 4 is 34.1 Å². The number of hydrogen-bond acceptors (Lipinski definition) is 3. The first-order valence-corrected chi connectivity index (χ1v) is 14.2. The maximum atomic E-state index is 13.9. The third kappa shape index (κ3) is 5.63. The Bertz CT molecular complexity index is 1920. The van der Waals surface area contributed by atoms with Crippen molar-refractivity contribution in [3.63, 3.8) is 0 Å². The van der Waals surface area contributed by atoms with Crippen LogP contribution in [0.25, 0.3) is 33.3 Å². The molecule has 1 amide bonds. The van der Waals surface area contributed by atoms with Gasteiger partial charge in [-0.3, -0.25) is 4.79 Å². The van der Waals surface area contributed by atoms with Crippen LogP contribution in [0.1, 0.15) is 27.0 Å². The molecule has 1 aromatic heterocycles. The lowest BCUT2D eigenvalue weighted by Gasteiger charge is -2.17. The number of nitrogens with zero attached hydrogens (tertiary/aromatic N) is 1. The molecule has 6 aromatic rings. The summed E-state index contributed by atoms with van der Waals surface area (Å²) in [4.78, 5) is 18.8. The molecule has 0 aliphatic rings. The van der Waals surface area contributed by atoms with E-state index in [2.05, 4.69) is 23.5 Å². The summed E-state index contributed by atoms with van der Waals surface area (Å²) in [6.45, 7) is 5.99. The molecule has 0 saturated carbocycles. The van der Waals surface area contributed by atoms with Gasteiger partial charge in [0.2, 0.25) is 0 Å². The van der Waals surface area contributed by atoms with Gasteiger partial charge < -0.3 is 10.1 Å². The van der Waals surface area contributed by atoms with Gasteiger partial charge in [-0.1, -0.05) is 77.8 Å². The molecule has 0 bridgehead atoms. The number of halogens is 1. The van der Waals surface area contributed by atoms with E-state index in [-0.39, 0.29) is 5.91 Å². The number of benzene rings is 5. The molecule has 42 heavy (non-hydrogen) atoms. The maximum absolute atomic E-state index is 13.9. The third-order valence-electron chi connectivity index (χ3n) is 7.30. The average molecular weight is 569 g/mol. The van der Waals surface area contributed by atoms with E-state index in [9.17, 15) is 4.79 Å². The molecule has 206 valence electrons. The summed E-state index contributed by atoms with van der Waals surface area (Å²) in [6.07, 6.45) is 0. The smallest absolute Gasteiger partial charge is 0.256 e. The van der Waals surface area contributed by atoms with Gasteiger partial charge in [-0.15, -0.1) is 0 Å². The van der Waals surface area contributed by atoms with Crippen molar-refractivity contribution in [3.8, 4) is 33.9 Å². The van der Waals surface area contributed by atoms with Gasteiger partial charge in [-0.25, -0.2) is 4.98 Å². The fourth-order valence-electron chi connectivity index (χ4n) is 5.31. The first-order valence-electron chi connectivity index (χ1n) is 13.8. The number of anilines is 1. The summed E-state index contributed by atoms with van der Waals surface area (Å²) in [7, 11) is 0. The summed E-state index contributed by atoms with van der Waals surface area (Å²) in [5.41, 5.74) is 8.85. The second-order valence-corrected chi connectivity index (χ2v) is 10.9. The van der Waals surface area contributed by atoms with Crippen LogP contribution in [0, 0.1) is 20.8 Å². The number of carbonyl (C=O) groups excluding carboxylic acids is 1. The van der Waals surface area contributed by atoms with E-state index in [0.717, 1.165) is 55.7 Å². The van der Waals surface area contributed by atoms with Crippen molar-refractivity contribution in [2.75, 3.05) is 5.32 Å². The van der Waals surface area contributed by atoms with Gasteiger partial charge in [0.15, 0.2) is 0 Å². The molecule has 5 heteroatoms. The molecule has 4 nitrogen and oxygen atoms in total. The molecular formula is C37H29ClN2O2. The Balaban J connectivity index is 1.27. The van der Waals surface area contributed by atoms with E-state index in [4.69, 9.17) is 21.3 Å². The minimum absolute atomic E-state index is 0.196. The van der Waals surface area contributed by atoms with Crippen LogP contribution in [0.3, 0.4) is 0 Å². The zero-order valence-corrected chi connectivity index (χ0v) is 24.4. The number of rotatable bonds is 6. The third-order valence-corrected chi connectivity index (χ3v) is 7.54. The van der Waals surface area contributed by atoms with E-state index in [0.29, 0.717) is 22.0 Å². The molecular weight excluding hydrogens is 540 g/mol. The van der Waals surface area contributed by atoms with E-state index < -0.39 is 0 Å². The molecule has 0 unspecified atom stereocenters. The Hall–Kier alpha value is -4.93. The highest BCUT2D eigenvalue weighted by Gasteiger charge is 2.21. The number of carbonyl (C=O) groups is 1. The van der Waals surface area contributed by atoms with Crippen molar-refractivity contribution in [1.82, 2.24) is 4.98 Å². The highest BCUT2D eigenvalue weighted by molar-refractivity contribution is 6.30. The van der Waals surface area contributed by atoms with Crippen molar-refractivity contribution < 1.29 is 9.53 Å². The van der Waals surface area contributed by atoms with Crippen LogP contribution in [-0.4, -0.2) is 10.9 Å². The molecule has 5 aromatic carbocycles. The lowest BCUT2D eigenvalue weighted by Crippen LogP contribution is -2.15. The fraction of sp³-hybridized carbons (Fsp3) is 0.0811. The number of pyridine rings is 1. The van der Waals surface area contributed by atoms with Crippen molar-refractivity contribution in [3.05, 3.63) is 143 Å². The monoisotopic (exact) mass is 568 g/mol. The first-order chi connectivity index (χ1) is 20.4. The Labute approximate surface area is 250 Å². The predicted molar refractivity (Wildman–Crippen MR) is 173 cm³/mol. The average Bonchev–Trinajstić information content (AvgIpc) is 2.98. The zero-order valence-electron chi connectivity index (χ0n) is 23.6. The van der Waals surface area contributed by atoms with Gasteiger partial charge in [-0.05, 0) is 97.6 Å². The summed E-state index contributed by atoms with van der Waals surface area (Å²) in [6, 6.07) is 37.3. The van der Waals surface area contributed by atoms with Crippen molar-refractivity contribution in [2.45, 2.75) is 20.8 Å². The highest BCUT2D eigenvalue weighted by Crippen LogP contribution is 2.34. The molecule has 0 atom stereocenters. The van der Waals surface area contributed by atoms with Crippen LogP contribution < -0.4 is 10.1 Å². The predicted octanol–water partition coefficient (Wildman–Crippen LogP) is 10.2. The van der Waals surface area contributed by atoms with E-state index in [1.54, 1.807) is 0 Å². The van der Waals surface area contributed by atoms with Gasteiger partial charge in [0, 0.05) is 21.7 Å². The zero-order chi connectivity index (χ0) is 29.2. The molecule has 0 radical (unpaired) electrons. The largest absolute Gasteiger partial charge is 0.457 e. The second kappa shape index (κ2) is 11.5. The number of amides is 1. The SMILES string of the molecule is Cc1cc(C)c2nc(-c3cccc(Cl)c3)c(C)c(C(=O)Nc3ccc(Oc4ccc(-c5ccccc5)cc4)cc3)c2c1. The van der Waals surface area contributed by atoms with Crippen LogP contribution >= 0.6 is 11.6 Å². The minimum atomic E-state index is -0.196. The van der Waals surface area contributed by atoms with Crippen LogP contribution in [0.15, 0.2) is 115 Å². The van der Waals surface area contributed by atoms with E-state index in [1.807, 2.05) is 118 Å². The molecule has 1 heterocycles. The van der Waals surface area contributed by atoms with Gasteiger partial charge in [-0.2, -0.15) is 0 Å². The fourth-order valence-corrected chi connectivity index (χ4v) is 5.50. The summed E-state index contributed by atoms with van der Waals surface area (Å²) < 4.78 is 6.06. The van der Waals surface area contributed by atoms with Crippen LogP contribution in [0.2, 0.25) is 5.02 Å². The van der Waals surface area contributed by atoms with Gasteiger partial charge >= 0.3 is 0 Å². The molecule has 1 N–H and O–H groups in total. The normalized spacial score (nSPS) is 11.0. The number of nitrogens with one attached hydrogen (secondary N) is 1. The highest BCUT2D eigenvalue weighted by atomic mass is 35.5. The first kappa shape index (κ1) is 27.3. The number of aromatic nitrogens is 1. The van der Waals surface area contributed by atoms with Crippen molar-refractivity contribution in [2.24, 2.45) is 0 Å². The maximum Gasteiger partial charge on any atom is 0.256 e. The summed E-state index contributed by atoms with van der Waals surface area (Å²) in [5, 5.41) is 4.53. The number of aryl methyl sites for hydroxylation is 2. The Morgan fingerprint density at radius 2 is 1.36 bits per heavy atom. The van der Waals surface area contributed by atoms with Gasteiger partial charge in [0.25, 0.3) is 5.91 Å². The van der Waals surface area contributed by atoms with Crippen LogP contribution in [0.5, 0.6) is 11.5 Å². The number of hydrogen-bond donors (Lipinski definition) is 1. The molecule has 0 aliphatic carbocycles. The summed E-state index contributed by atoms with van der Waals surface area (Å²) in [5.74, 6) is 1.23. The number of ether oxygens (including phenoxy) is 1. The Morgan fingerprint density at radius 1 is 0.714 bits per heavy atom. The lowest BCUT2D eigenvalue weighted by molar-refractivity contribution is 0.102. The lowest BCUT2D eigenvalue weighted by atomic mass is 9.94. The van der Waals surface area contributed by atoms with Crippen LogP contribution in [-0.2, 0) is 0 Å². The molecule has 0 spiro atoms. The summed E-state index contributed by atoms with van der Waals surface area (Å²) >= 11 is 6.31. The number of fused-ring (bicyclic) bond motifs is 1. The molecule has 0 aliphatic heterocycles. The van der Waals surface area contributed by atoms with E-state index >= 15 is 0 Å². The van der Waals surface area contributed by atoms with Gasteiger partial charge in [0.1, 0.15) is 11.5 Å². The quantitative estimate of drug-likeness (QED) is 0.217. The minimum Gasteiger partial charge on any atom is -0.457 e.